The summed E-state index contributed by atoms with van der Waals surface area (Å²) in [5, 5.41) is 0. The van der Waals surface area contributed by atoms with Crippen LogP contribution < -0.4 is 5.73 Å². The summed E-state index contributed by atoms with van der Waals surface area (Å²) in [5.41, 5.74) is 5.01. The van der Waals surface area contributed by atoms with Crippen molar-refractivity contribution in [1.29, 1.82) is 0 Å². The van der Waals surface area contributed by atoms with Crippen LogP contribution in [0.5, 0.6) is 0 Å². The smallest absolute Gasteiger partial charge is 0.368 e. The minimum atomic E-state index is -4.25. The number of hydrogen-bond donors (Lipinski definition) is 1. The average molecular weight is 157 g/mol. The van der Waals surface area contributed by atoms with E-state index >= 15 is 0 Å². The van der Waals surface area contributed by atoms with E-state index in [4.69, 9.17) is 5.73 Å². The van der Waals surface area contributed by atoms with Crippen molar-refractivity contribution in [3.63, 3.8) is 0 Å². The largest absolute Gasteiger partial charge is 0.411 e. The molecule has 62 valence electrons. The summed E-state index contributed by atoms with van der Waals surface area (Å²) in [5.74, 6) is 0. The summed E-state index contributed by atoms with van der Waals surface area (Å²) in [6.07, 6.45) is -4.77. The van der Waals surface area contributed by atoms with Crippen molar-refractivity contribution in [2.24, 2.45) is 5.73 Å². The Morgan fingerprint density at radius 1 is 1.50 bits per heavy atom. The lowest BCUT2D eigenvalue weighted by Gasteiger charge is -2.11. The van der Waals surface area contributed by atoms with E-state index in [1.54, 1.807) is 0 Å². The summed E-state index contributed by atoms with van der Waals surface area (Å²) in [4.78, 5) is 0. The molecule has 5 heteroatoms. The Morgan fingerprint density at radius 2 is 2.00 bits per heavy atom. The fourth-order valence-corrected chi connectivity index (χ4v) is 0.305. The number of ether oxygens (including phenoxy) is 1. The zero-order valence-corrected chi connectivity index (χ0v) is 5.61. The minimum absolute atomic E-state index is 0.107. The van der Waals surface area contributed by atoms with Crippen LogP contribution in [-0.4, -0.2) is 25.4 Å². The Kier molecular flexibility index (Phi) is 3.67. The van der Waals surface area contributed by atoms with Crippen molar-refractivity contribution in [3.8, 4) is 0 Å². The Hall–Kier alpha value is -0.290. The number of nitrogens with two attached hydrogens (primary N) is 1. The van der Waals surface area contributed by atoms with Gasteiger partial charge < -0.3 is 10.5 Å². The van der Waals surface area contributed by atoms with E-state index in [0.717, 1.165) is 0 Å². The second-order valence-electron chi connectivity index (χ2n) is 1.97. The third-order valence-electron chi connectivity index (χ3n) is 0.863. The summed E-state index contributed by atoms with van der Waals surface area (Å²) >= 11 is 0. The van der Waals surface area contributed by atoms with E-state index in [1.807, 2.05) is 0 Å². The first-order valence-electron chi connectivity index (χ1n) is 2.84. The van der Waals surface area contributed by atoms with Crippen LogP contribution in [0, 0.1) is 0 Å². The molecular weight excluding hydrogens is 147 g/mol. The quantitative estimate of drug-likeness (QED) is 0.660. The van der Waals surface area contributed by atoms with Crippen molar-refractivity contribution in [3.05, 3.63) is 0 Å². The zero-order valence-electron chi connectivity index (χ0n) is 5.61. The maximum absolute atomic E-state index is 11.4. The molecule has 10 heavy (non-hydrogen) atoms. The Labute approximate surface area is 57.1 Å². The van der Waals surface area contributed by atoms with Crippen LogP contribution in [0.2, 0.25) is 0 Å². The molecule has 0 fully saturated rings. The molecule has 0 aromatic carbocycles. The van der Waals surface area contributed by atoms with Crippen LogP contribution in [0.1, 0.15) is 6.92 Å². The van der Waals surface area contributed by atoms with Crippen LogP contribution in [-0.2, 0) is 4.74 Å². The standard InChI is InChI=1S/C5H10F3NO/c1-4(2-9)10-3-5(6,7)8/h4H,2-3,9H2,1H3. The second kappa shape index (κ2) is 3.78. The summed E-state index contributed by atoms with van der Waals surface area (Å²) in [6.45, 7) is 0.382. The fourth-order valence-electron chi connectivity index (χ4n) is 0.305. The van der Waals surface area contributed by atoms with Crippen molar-refractivity contribution >= 4 is 0 Å². The van der Waals surface area contributed by atoms with Crippen LogP contribution in [0.25, 0.3) is 0 Å². The predicted molar refractivity (Wildman–Crippen MR) is 30.5 cm³/mol. The summed E-state index contributed by atoms with van der Waals surface area (Å²) in [6, 6.07) is 0. The maximum Gasteiger partial charge on any atom is 0.411 e. The Bertz CT molecular complexity index is 93.4. The van der Waals surface area contributed by atoms with Crippen LogP contribution in [0.3, 0.4) is 0 Å². The van der Waals surface area contributed by atoms with E-state index in [2.05, 4.69) is 4.74 Å². The third kappa shape index (κ3) is 5.84. The molecule has 1 unspecified atom stereocenters. The molecule has 0 aliphatic heterocycles. The van der Waals surface area contributed by atoms with E-state index in [-0.39, 0.29) is 6.54 Å². The molecule has 1 atom stereocenters. The van der Waals surface area contributed by atoms with Gasteiger partial charge in [0.25, 0.3) is 0 Å². The number of alkyl halides is 3. The molecular formula is C5H10F3NO. The van der Waals surface area contributed by atoms with E-state index in [0.29, 0.717) is 0 Å². The molecule has 2 nitrogen and oxygen atoms in total. The van der Waals surface area contributed by atoms with Crippen LogP contribution in [0.4, 0.5) is 13.2 Å². The average Bonchev–Trinajstić information content (AvgIpc) is 1.81. The monoisotopic (exact) mass is 157 g/mol. The number of halogens is 3. The number of rotatable bonds is 3. The lowest BCUT2D eigenvalue weighted by molar-refractivity contribution is -0.182. The van der Waals surface area contributed by atoms with Crippen molar-refractivity contribution in [2.75, 3.05) is 13.2 Å². The van der Waals surface area contributed by atoms with Crippen molar-refractivity contribution in [2.45, 2.75) is 19.2 Å². The van der Waals surface area contributed by atoms with Gasteiger partial charge in [0, 0.05) is 6.54 Å². The van der Waals surface area contributed by atoms with Gasteiger partial charge in [0.2, 0.25) is 0 Å². The van der Waals surface area contributed by atoms with Crippen molar-refractivity contribution in [1.82, 2.24) is 0 Å². The minimum Gasteiger partial charge on any atom is -0.368 e. The topological polar surface area (TPSA) is 35.2 Å². The highest BCUT2D eigenvalue weighted by atomic mass is 19.4. The molecule has 0 aliphatic carbocycles. The van der Waals surface area contributed by atoms with Crippen LogP contribution >= 0.6 is 0 Å². The molecule has 0 bridgehead atoms. The molecule has 0 heterocycles. The highest BCUT2D eigenvalue weighted by molar-refractivity contribution is 4.52. The predicted octanol–water partition coefficient (Wildman–Crippen LogP) is 0.912. The van der Waals surface area contributed by atoms with Gasteiger partial charge in [0.05, 0.1) is 6.10 Å². The molecule has 0 radical (unpaired) electrons. The molecule has 0 aliphatic rings. The molecule has 0 spiro atoms. The molecule has 2 N–H and O–H groups in total. The summed E-state index contributed by atoms with van der Waals surface area (Å²) in [7, 11) is 0. The van der Waals surface area contributed by atoms with Gasteiger partial charge in [-0.25, -0.2) is 0 Å². The molecule has 0 rings (SSSR count). The van der Waals surface area contributed by atoms with Gasteiger partial charge in [0.1, 0.15) is 6.61 Å². The molecule has 0 aromatic rings. The molecule has 0 saturated carbocycles. The Balaban J connectivity index is 3.36. The molecule has 0 aromatic heterocycles. The second-order valence-corrected chi connectivity index (χ2v) is 1.97. The first-order chi connectivity index (χ1) is 4.45. The van der Waals surface area contributed by atoms with Gasteiger partial charge in [-0.3, -0.25) is 0 Å². The van der Waals surface area contributed by atoms with Gasteiger partial charge in [-0.2, -0.15) is 13.2 Å². The highest BCUT2D eigenvalue weighted by Gasteiger charge is 2.28. The number of hydrogen-bond acceptors (Lipinski definition) is 2. The van der Waals surface area contributed by atoms with E-state index in [9.17, 15) is 13.2 Å². The third-order valence-corrected chi connectivity index (χ3v) is 0.863. The van der Waals surface area contributed by atoms with Gasteiger partial charge >= 0.3 is 6.18 Å². The van der Waals surface area contributed by atoms with Gasteiger partial charge in [-0.05, 0) is 6.92 Å². The summed E-state index contributed by atoms with van der Waals surface area (Å²) < 4.78 is 38.5. The maximum atomic E-state index is 11.4. The fraction of sp³-hybridized carbons (Fsp3) is 1.00. The first-order valence-corrected chi connectivity index (χ1v) is 2.84. The van der Waals surface area contributed by atoms with E-state index in [1.165, 1.54) is 6.92 Å². The van der Waals surface area contributed by atoms with Gasteiger partial charge in [0.15, 0.2) is 0 Å². The highest BCUT2D eigenvalue weighted by Crippen LogP contribution is 2.14. The molecule has 0 saturated heterocycles. The van der Waals surface area contributed by atoms with Crippen LogP contribution in [0.15, 0.2) is 0 Å². The Morgan fingerprint density at radius 3 is 2.30 bits per heavy atom. The zero-order chi connectivity index (χ0) is 8.20. The lowest BCUT2D eigenvalue weighted by Crippen LogP contribution is -2.26. The van der Waals surface area contributed by atoms with E-state index < -0.39 is 18.9 Å². The normalized spacial score (nSPS) is 15.3. The first kappa shape index (κ1) is 9.71. The molecule has 0 amide bonds. The SMILES string of the molecule is CC(CN)OCC(F)(F)F. The van der Waals surface area contributed by atoms with Crippen molar-refractivity contribution < 1.29 is 17.9 Å². The lowest BCUT2D eigenvalue weighted by atomic mass is 10.4. The van der Waals surface area contributed by atoms with Gasteiger partial charge in [-0.1, -0.05) is 0 Å². The van der Waals surface area contributed by atoms with Gasteiger partial charge in [-0.15, -0.1) is 0 Å².